The number of hydrogen-bond acceptors (Lipinski definition) is 5. The molecular weight excluding hydrogens is 516 g/mol. The van der Waals surface area contributed by atoms with Gasteiger partial charge in [-0.15, -0.1) is 0 Å². The summed E-state index contributed by atoms with van der Waals surface area (Å²) in [4.78, 5) is 25.3. The molecule has 40 heavy (non-hydrogen) atoms. The average Bonchev–Trinajstić information content (AvgIpc) is 3.29. The van der Waals surface area contributed by atoms with E-state index < -0.39 is 8.32 Å². The molecule has 0 N–H and O–H groups in total. The van der Waals surface area contributed by atoms with Crippen molar-refractivity contribution in [1.29, 1.82) is 0 Å². The van der Waals surface area contributed by atoms with Crippen LogP contribution in [0.25, 0.3) is 11.2 Å². The Kier molecular flexibility index (Phi) is 9.10. The van der Waals surface area contributed by atoms with Crippen molar-refractivity contribution in [3.63, 3.8) is 0 Å². The molecule has 1 amide bonds. The van der Waals surface area contributed by atoms with Gasteiger partial charge in [0, 0.05) is 29.4 Å². The summed E-state index contributed by atoms with van der Waals surface area (Å²) in [7, 11) is -0.310. The predicted molar refractivity (Wildman–Crippen MR) is 164 cm³/mol. The molecule has 0 saturated heterocycles. The lowest BCUT2D eigenvalue weighted by molar-refractivity contribution is 0.0555. The highest BCUT2D eigenvalue weighted by molar-refractivity contribution is 6.74. The maximum atomic E-state index is 13.8. The summed E-state index contributed by atoms with van der Waals surface area (Å²) in [5, 5.41) is 0.0980. The van der Waals surface area contributed by atoms with Crippen LogP contribution < -0.4 is 4.74 Å². The van der Waals surface area contributed by atoms with E-state index in [0.717, 1.165) is 29.7 Å². The maximum Gasteiger partial charge on any atom is 0.254 e. The zero-order valence-corrected chi connectivity index (χ0v) is 27.0. The Morgan fingerprint density at radius 1 is 1.12 bits per heavy atom. The number of carbonyl (C=O) groups excluding carboxylic acids is 1. The largest absolute Gasteiger partial charge is 0.496 e. The lowest BCUT2D eigenvalue weighted by Gasteiger charge is -2.37. The number of carbonyl (C=O) groups is 1. The molecule has 2 heterocycles. The summed E-state index contributed by atoms with van der Waals surface area (Å²) in [6.45, 7) is 18.0. The number of imidazole rings is 1. The van der Waals surface area contributed by atoms with Crippen LogP contribution in [0.15, 0.2) is 36.5 Å². The van der Waals surface area contributed by atoms with E-state index in [0.29, 0.717) is 29.6 Å². The van der Waals surface area contributed by atoms with Gasteiger partial charge < -0.3 is 18.6 Å². The molecule has 0 aliphatic heterocycles. The quantitative estimate of drug-likeness (QED) is 0.249. The number of amides is 1. The first-order valence-electron chi connectivity index (χ1n) is 14.8. The molecule has 1 fully saturated rings. The molecule has 1 aliphatic carbocycles. The molecule has 8 heteroatoms. The number of hydrogen-bond donors (Lipinski definition) is 0. The normalized spacial score (nSPS) is 15.9. The van der Waals surface area contributed by atoms with E-state index in [1.54, 1.807) is 13.3 Å². The van der Waals surface area contributed by atoms with Gasteiger partial charge in [-0.1, -0.05) is 46.1 Å². The highest BCUT2D eigenvalue weighted by Gasteiger charge is 2.38. The summed E-state index contributed by atoms with van der Waals surface area (Å²) in [5.41, 5.74) is 3.32. The Balaban J connectivity index is 1.69. The van der Waals surface area contributed by atoms with Crippen LogP contribution in [0, 0.1) is 0 Å². The minimum Gasteiger partial charge on any atom is -0.496 e. The van der Waals surface area contributed by atoms with Gasteiger partial charge >= 0.3 is 0 Å². The van der Waals surface area contributed by atoms with Gasteiger partial charge in [0.05, 0.1) is 25.3 Å². The molecule has 4 rings (SSSR count). The molecule has 1 saturated carbocycles. The van der Waals surface area contributed by atoms with Gasteiger partial charge in [-0.05, 0) is 76.0 Å². The van der Waals surface area contributed by atoms with Crippen LogP contribution in [0.1, 0.15) is 101 Å². The van der Waals surface area contributed by atoms with Crippen LogP contribution in [0.2, 0.25) is 18.1 Å². The van der Waals surface area contributed by atoms with Gasteiger partial charge in [-0.25, -0.2) is 9.97 Å². The zero-order chi connectivity index (χ0) is 29.2. The third kappa shape index (κ3) is 6.13. The van der Waals surface area contributed by atoms with Crippen LogP contribution >= 0.6 is 0 Å². The third-order valence-electron chi connectivity index (χ3n) is 8.98. The van der Waals surface area contributed by atoms with Gasteiger partial charge in [-0.3, -0.25) is 4.79 Å². The molecule has 0 bridgehead atoms. The standard InChI is InChI=1S/C32H48N4O3Si/c1-22(2)35(25-14-11-10-12-15-25)31(37)24-17-18-26(28(20-24)38-7)23(3)36-27-16-13-19-33-30(27)34-29(36)21-39-40(8,9)32(4,5)6/h13,16-20,22-23,25H,10-12,14-15,21H2,1-9H3. The van der Waals surface area contributed by atoms with E-state index in [-0.39, 0.29) is 23.0 Å². The minimum absolute atomic E-state index is 0.0835. The van der Waals surface area contributed by atoms with Crippen molar-refractivity contribution in [2.45, 2.75) is 117 Å². The first kappa shape index (κ1) is 30.3. The number of rotatable bonds is 9. The summed E-state index contributed by atoms with van der Waals surface area (Å²) in [6.07, 6.45) is 7.58. The minimum atomic E-state index is -1.99. The molecule has 1 aliphatic rings. The smallest absolute Gasteiger partial charge is 0.254 e. The second-order valence-corrected chi connectivity index (χ2v) is 17.8. The van der Waals surface area contributed by atoms with Crippen molar-refractivity contribution in [2.24, 2.45) is 0 Å². The third-order valence-corrected chi connectivity index (χ3v) is 13.5. The fourth-order valence-electron chi connectivity index (χ4n) is 5.63. The Morgan fingerprint density at radius 3 is 2.45 bits per heavy atom. The second kappa shape index (κ2) is 12.0. The molecule has 1 atom stereocenters. The molecule has 218 valence electrons. The summed E-state index contributed by atoms with van der Waals surface area (Å²) >= 11 is 0. The lowest BCUT2D eigenvalue weighted by Crippen LogP contribution is -2.45. The van der Waals surface area contributed by atoms with Crippen LogP contribution in [0.3, 0.4) is 0 Å². The van der Waals surface area contributed by atoms with Crippen molar-refractivity contribution in [1.82, 2.24) is 19.4 Å². The predicted octanol–water partition coefficient (Wildman–Crippen LogP) is 7.75. The highest BCUT2D eigenvalue weighted by atomic mass is 28.4. The number of benzene rings is 1. The maximum absolute atomic E-state index is 13.8. The van der Waals surface area contributed by atoms with E-state index in [1.165, 1.54) is 19.3 Å². The fourth-order valence-corrected chi connectivity index (χ4v) is 6.55. The van der Waals surface area contributed by atoms with E-state index in [2.05, 4.69) is 75.2 Å². The fraction of sp³-hybridized carbons (Fsp3) is 0.594. The van der Waals surface area contributed by atoms with Crippen LogP contribution in [0.5, 0.6) is 5.75 Å². The van der Waals surface area contributed by atoms with E-state index in [9.17, 15) is 4.79 Å². The zero-order valence-electron chi connectivity index (χ0n) is 26.0. The molecule has 3 aromatic rings. The van der Waals surface area contributed by atoms with Crippen molar-refractivity contribution >= 4 is 25.4 Å². The lowest BCUT2D eigenvalue weighted by atomic mass is 9.92. The van der Waals surface area contributed by atoms with Crippen LogP contribution in [-0.2, 0) is 11.0 Å². The van der Waals surface area contributed by atoms with Gasteiger partial charge in [0.25, 0.3) is 5.91 Å². The number of nitrogens with zero attached hydrogens (tertiary/aromatic N) is 4. The molecule has 0 spiro atoms. The Hall–Kier alpha value is -2.71. The van der Waals surface area contributed by atoms with Gasteiger partial charge in [0.15, 0.2) is 14.0 Å². The van der Waals surface area contributed by atoms with Crippen LogP contribution in [0.4, 0.5) is 0 Å². The molecule has 0 radical (unpaired) electrons. The highest BCUT2D eigenvalue weighted by Crippen LogP contribution is 2.38. The van der Waals surface area contributed by atoms with Gasteiger partial charge in [-0.2, -0.15) is 0 Å². The van der Waals surface area contributed by atoms with Crippen molar-refractivity contribution in [3.05, 3.63) is 53.5 Å². The molecule has 7 nitrogen and oxygen atoms in total. The number of aromatic nitrogens is 3. The molecule has 1 aromatic carbocycles. The Morgan fingerprint density at radius 2 is 1.82 bits per heavy atom. The molecular formula is C32H48N4O3Si. The summed E-state index contributed by atoms with van der Waals surface area (Å²) < 4.78 is 14.7. The topological polar surface area (TPSA) is 69.5 Å². The van der Waals surface area contributed by atoms with E-state index in [4.69, 9.17) is 14.1 Å². The number of methoxy groups -OCH3 is 1. The second-order valence-electron chi connectivity index (χ2n) is 13.0. The number of fused-ring (bicyclic) bond motifs is 1. The number of pyridine rings is 1. The summed E-state index contributed by atoms with van der Waals surface area (Å²) in [5.74, 6) is 1.63. The Labute approximate surface area is 241 Å². The monoisotopic (exact) mass is 564 g/mol. The number of ether oxygens (including phenoxy) is 1. The van der Waals surface area contributed by atoms with Gasteiger partial charge in [0.2, 0.25) is 0 Å². The van der Waals surface area contributed by atoms with E-state index >= 15 is 0 Å². The first-order chi connectivity index (χ1) is 18.9. The van der Waals surface area contributed by atoms with Crippen molar-refractivity contribution < 1.29 is 14.0 Å². The summed E-state index contributed by atoms with van der Waals surface area (Å²) in [6, 6.07) is 10.2. The Bertz CT molecular complexity index is 1320. The first-order valence-corrected chi connectivity index (χ1v) is 17.7. The van der Waals surface area contributed by atoms with Crippen molar-refractivity contribution in [3.8, 4) is 5.75 Å². The average molecular weight is 565 g/mol. The molecule has 2 aromatic heterocycles. The SMILES string of the molecule is COc1cc(C(=O)N(C(C)C)C2CCCCC2)ccc1C(C)n1c(CO[Si](C)(C)C(C)(C)C)nc2ncccc21. The van der Waals surface area contributed by atoms with Crippen molar-refractivity contribution in [2.75, 3.05) is 7.11 Å². The molecule has 1 unspecified atom stereocenters. The van der Waals surface area contributed by atoms with Gasteiger partial charge in [0.1, 0.15) is 11.6 Å². The van der Waals surface area contributed by atoms with E-state index in [1.807, 2.05) is 24.3 Å². The van der Waals surface area contributed by atoms with Crippen LogP contribution in [-0.4, -0.2) is 52.9 Å².